The normalized spacial score (nSPS) is 10.7. The second kappa shape index (κ2) is 7.57. The number of thiophene rings is 1. The number of hydrogen-bond acceptors (Lipinski definition) is 7. The Balaban J connectivity index is 1.56. The number of rotatable bonds is 4. The van der Waals surface area contributed by atoms with Gasteiger partial charge in [-0.3, -0.25) is 14.9 Å². The van der Waals surface area contributed by atoms with Gasteiger partial charge >= 0.3 is 11.8 Å². The number of aromatic nitrogens is 2. The third kappa shape index (κ3) is 4.09. The third-order valence-corrected chi connectivity index (χ3v) is 4.47. The molecular weight excluding hydrogens is 346 g/mol. The van der Waals surface area contributed by atoms with E-state index in [1.807, 2.05) is 47.8 Å². The predicted molar refractivity (Wildman–Crippen MR) is 94.0 cm³/mol. The summed E-state index contributed by atoms with van der Waals surface area (Å²) in [5.74, 6) is -1.73. The van der Waals surface area contributed by atoms with E-state index in [9.17, 15) is 9.59 Å². The van der Waals surface area contributed by atoms with Crippen LogP contribution >= 0.6 is 22.7 Å². The van der Waals surface area contributed by atoms with E-state index >= 15 is 0 Å². The van der Waals surface area contributed by atoms with Crippen molar-refractivity contribution >= 4 is 45.8 Å². The highest BCUT2D eigenvalue weighted by Crippen LogP contribution is 2.25. The SMILES string of the molecule is O=C(N/N=C/c1cccs1)C(=O)Nc1nnc(-c2ccccc2)s1. The zero-order valence-corrected chi connectivity index (χ0v) is 13.8. The van der Waals surface area contributed by atoms with Gasteiger partial charge in [-0.05, 0) is 11.4 Å². The highest BCUT2D eigenvalue weighted by molar-refractivity contribution is 7.18. The maximum Gasteiger partial charge on any atom is 0.329 e. The molecule has 3 rings (SSSR count). The first-order valence-corrected chi connectivity index (χ1v) is 8.49. The molecule has 120 valence electrons. The number of amides is 2. The number of benzene rings is 1. The summed E-state index contributed by atoms with van der Waals surface area (Å²) in [7, 11) is 0. The molecule has 2 aromatic heterocycles. The molecular formula is C15H11N5O2S2. The van der Waals surface area contributed by atoms with E-state index in [-0.39, 0.29) is 5.13 Å². The molecule has 0 aliphatic rings. The van der Waals surface area contributed by atoms with Crippen LogP contribution in [0.1, 0.15) is 4.88 Å². The quantitative estimate of drug-likeness (QED) is 0.425. The lowest BCUT2D eigenvalue weighted by atomic mass is 10.2. The van der Waals surface area contributed by atoms with Crippen LogP contribution in [0.4, 0.5) is 5.13 Å². The summed E-state index contributed by atoms with van der Waals surface area (Å²) in [6.07, 6.45) is 1.47. The Bertz CT molecular complexity index is 859. The van der Waals surface area contributed by atoms with Gasteiger partial charge in [-0.2, -0.15) is 5.10 Å². The van der Waals surface area contributed by atoms with Gasteiger partial charge in [-0.1, -0.05) is 47.7 Å². The van der Waals surface area contributed by atoms with Crippen molar-refractivity contribution in [3.63, 3.8) is 0 Å². The highest BCUT2D eigenvalue weighted by atomic mass is 32.1. The van der Waals surface area contributed by atoms with Crippen LogP contribution in [0.25, 0.3) is 10.6 Å². The van der Waals surface area contributed by atoms with Gasteiger partial charge in [0, 0.05) is 10.4 Å². The third-order valence-electron chi connectivity index (χ3n) is 2.77. The summed E-state index contributed by atoms with van der Waals surface area (Å²) >= 11 is 2.65. The molecule has 0 atom stereocenters. The van der Waals surface area contributed by atoms with Crippen molar-refractivity contribution in [2.75, 3.05) is 5.32 Å². The second-order valence-corrected chi connectivity index (χ2v) is 6.40. The van der Waals surface area contributed by atoms with Crippen LogP contribution in [0, 0.1) is 0 Å². The average molecular weight is 357 g/mol. The Kier molecular flexibility index (Phi) is 5.04. The lowest BCUT2D eigenvalue weighted by Crippen LogP contribution is -2.32. The first-order valence-electron chi connectivity index (χ1n) is 6.79. The minimum atomic E-state index is -0.876. The summed E-state index contributed by atoms with van der Waals surface area (Å²) in [6, 6.07) is 13.1. The van der Waals surface area contributed by atoms with Crippen molar-refractivity contribution in [1.82, 2.24) is 15.6 Å². The molecule has 2 heterocycles. The van der Waals surface area contributed by atoms with Crippen LogP contribution < -0.4 is 10.7 Å². The Morgan fingerprint density at radius 1 is 1.04 bits per heavy atom. The van der Waals surface area contributed by atoms with Gasteiger partial charge < -0.3 is 0 Å². The zero-order chi connectivity index (χ0) is 16.8. The molecule has 0 unspecified atom stereocenters. The van der Waals surface area contributed by atoms with Gasteiger partial charge in [0.1, 0.15) is 5.01 Å². The predicted octanol–water partition coefficient (Wildman–Crippen LogP) is 2.36. The number of carbonyl (C=O) groups is 2. The molecule has 9 heteroatoms. The highest BCUT2D eigenvalue weighted by Gasteiger charge is 2.16. The fourth-order valence-corrected chi connectivity index (χ4v) is 3.02. The molecule has 0 bridgehead atoms. The van der Waals surface area contributed by atoms with Gasteiger partial charge in [-0.15, -0.1) is 21.5 Å². The number of hydrogen-bond donors (Lipinski definition) is 2. The Morgan fingerprint density at radius 3 is 2.62 bits per heavy atom. The number of anilines is 1. The molecule has 0 saturated carbocycles. The molecule has 0 aliphatic heterocycles. The first kappa shape index (κ1) is 16.0. The van der Waals surface area contributed by atoms with E-state index in [2.05, 4.69) is 26.0 Å². The van der Waals surface area contributed by atoms with Crippen molar-refractivity contribution in [3.05, 3.63) is 52.7 Å². The van der Waals surface area contributed by atoms with Gasteiger partial charge in [-0.25, -0.2) is 5.43 Å². The minimum absolute atomic E-state index is 0.247. The molecule has 3 aromatic rings. The fourth-order valence-electron chi connectivity index (χ4n) is 1.70. The average Bonchev–Trinajstić information content (AvgIpc) is 3.27. The van der Waals surface area contributed by atoms with Gasteiger partial charge in [0.2, 0.25) is 5.13 Å². The summed E-state index contributed by atoms with van der Waals surface area (Å²) in [4.78, 5) is 24.3. The summed E-state index contributed by atoms with van der Waals surface area (Å²) in [6.45, 7) is 0. The summed E-state index contributed by atoms with van der Waals surface area (Å²) in [5, 5.41) is 16.7. The minimum Gasteiger partial charge on any atom is -0.292 e. The Hall–Kier alpha value is -2.91. The molecule has 0 saturated heterocycles. The van der Waals surface area contributed by atoms with E-state index in [4.69, 9.17) is 0 Å². The largest absolute Gasteiger partial charge is 0.329 e. The maximum absolute atomic E-state index is 11.8. The van der Waals surface area contributed by atoms with Crippen LogP contribution in [-0.4, -0.2) is 28.2 Å². The topological polar surface area (TPSA) is 96.3 Å². The summed E-state index contributed by atoms with van der Waals surface area (Å²) < 4.78 is 0. The second-order valence-electron chi connectivity index (χ2n) is 4.45. The smallest absolute Gasteiger partial charge is 0.292 e. The molecule has 0 aliphatic carbocycles. The summed E-state index contributed by atoms with van der Waals surface area (Å²) in [5.41, 5.74) is 3.05. The molecule has 7 nitrogen and oxygen atoms in total. The van der Waals surface area contributed by atoms with E-state index in [1.165, 1.54) is 28.9 Å². The molecule has 0 radical (unpaired) electrons. The monoisotopic (exact) mass is 357 g/mol. The standard InChI is InChI=1S/C15H11N5O2S2/c21-12(13(22)18-16-9-11-7-4-8-23-11)17-15-20-19-14(24-15)10-5-2-1-3-6-10/h1-9H,(H,18,22)(H,17,20,21)/b16-9+. The van der Waals surface area contributed by atoms with Gasteiger partial charge in [0.15, 0.2) is 0 Å². The number of hydrazone groups is 1. The van der Waals surface area contributed by atoms with Crippen molar-refractivity contribution < 1.29 is 9.59 Å². The van der Waals surface area contributed by atoms with Crippen molar-refractivity contribution in [2.45, 2.75) is 0 Å². The lowest BCUT2D eigenvalue weighted by molar-refractivity contribution is -0.136. The molecule has 1 aromatic carbocycles. The van der Waals surface area contributed by atoms with Crippen LogP contribution in [-0.2, 0) is 9.59 Å². The Labute approximate surface area is 145 Å². The van der Waals surface area contributed by atoms with E-state index in [0.29, 0.717) is 5.01 Å². The molecule has 0 spiro atoms. The van der Waals surface area contributed by atoms with Gasteiger partial charge in [0.05, 0.1) is 6.21 Å². The van der Waals surface area contributed by atoms with E-state index in [1.54, 1.807) is 0 Å². The van der Waals surface area contributed by atoms with Crippen LogP contribution in [0.5, 0.6) is 0 Å². The number of nitrogens with zero attached hydrogens (tertiary/aromatic N) is 3. The van der Waals surface area contributed by atoms with Crippen LogP contribution in [0.15, 0.2) is 52.9 Å². The number of carbonyl (C=O) groups excluding carboxylic acids is 2. The Morgan fingerprint density at radius 2 is 1.88 bits per heavy atom. The molecule has 2 N–H and O–H groups in total. The zero-order valence-electron chi connectivity index (χ0n) is 12.2. The molecule has 24 heavy (non-hydrogen) atoms. The van der Waals surface area contributed by atoms with Gasteiger partial charge in [0.25, 0.3) is 0 Å². The van der Waals surface area contributed by atoms with Crippen LogP contribution in [0.2, 0.25) is 0 Å². The van der Waals surface area contributed by atoms with E-state index < -0.39 is 11.8 Å². The lowest BCUT2D eigenvalue weighted by Gasteiger charge is -1.98. The van der Waals surface area contributed by atoms with E-state index in [0.717, 1.165) is 10.4 Å². The van der Waals surface area contributed by atoms with Crippen molar-refractivity contribution in [2.24, 2.45) is 5.10 Å². The number of nitrogens with one attached hydrogen (secondary N) is 2. The first-order chi connectivity index (χ1) is 11.7. The van der Waals surface area contributed by atoms with Crippen molar-refractivity contribution in [1.29, 1.82) is 0 Å². The van der Waals surface area contributed by atoms with Crippen molar-refractivity contribution in [3.8, 4) is 10.6 Å². The maximum atomic E-state index is 11.8. The molecule has 0 fully saturated rings. The molecule has 2 amide bonds. The fraction of sp³-hybridized carbons (Fsp3) is 0. The van der Waals surface area contributed by atoms with Crippen LogP contribution in [0.3, 0.4) is 0 Å².